The summed E-state index contributed by atoms with van der Waals surface area (Å²) in [5, 5.41) is 0. The molecule has 0 N–H and O–H groups in total. The van der Waals surface area contributed by atoms with Crippen molar-refractivity contribution in [2.75, 3.05) is 33.9 Å². The van der Waals surface area contributed by atoms with Crippen LogP contribution >= 0.6 is 12.4 Å². The molecule has 1 unspecified atom stereocenters. The van der Waals surface area contributed by atoms with E-state index in [0.717, 1.165) is 19.4 Å². The van der Waals surface area contributed by atoms with Crippen molar-refractivity contribution < 1.29 is 14.3 Å². The van der Waals surface area contributed by atoms with E-state index < -0.39 is 5.79 Å². The predicted octanol–water partition coefficient (Wildman–Crippen LogP) is 2.11. The number of carbonyl (C=O) groups excluding carboxylic acids is 1. The summed E-state index contributed by atoms with van der Waals surface area (Å²) in [6, 6.07) is 0. The van der Waals surface area contributed by atoms with Crippen LogP contribution in [0.25, 0.3) is 0 Å². The zero-order valence-corrected chi connectivity index (χ0v) is 13.2. The molecule has 0 aromatic rings. The van der Waals surface area contributed by atoms with Gasteiger partial charge in [0.1, 0.15) is 5.78 Å². The van der Waals surface area contributed by atoms with Crippen molar-refractivity contribution in [3.63, 3.8) is 0 Å². The molecule has 1 spiro atoms. The van der Waals surface area contributed by atoms with Gasteiger partial charge in [-0.25, -0.2) is 0 Å². The molecule has 2 aliphatic rings. The first-order chi connectivity index (χ1) is 8.32. The second kappa shape index (κ2) is 6.08. The van der Waals surface area contributed by atoms with Gasteiger partial charge in [0, 0.05) is 24.3 Å². The molecule has 1 aliphatic carbocycles. The summed E-state index contributed by atoms with van der Waals surface area (Å²) in [6.45, 7) is 6.44. The van der Waals surface area contributed by atoms with Crippen LogP contribution in [0.2, 0.25) is 0 Å². The Kier molecular flexibility index (Phi) is 5.41. The Bertz CT molecular complexity index is 321. The minimum Gasteiger partial charge on any atom is -0.349 e. The largest absolute Gasteiger partial charge is 0.349 e. The van der Waals surface area contributed by atoms with Gasteiger partial charge in [-0.05, 0) is 20.5 Å². The highest BCUT2D eigenvalue weighted by Gasteiger charge is 2.46. The lowest BCUT2D eigenvalue weighted by atomic mass is 9.82. The van der Waals surface area contributed by atoms with E-state index in [-0.39, 0.29) is 29.5 Å². The highest BCUT2D eigenvalue weighted by Crippen LogP contribution is 2.39. The van der Waals surface area contributed by atoms with Gasteiger partial charge in [-0.3, -0.25) is 4.79 Å². The summed E-state index contributed by atoms with van der Waals surface area (Å²) >= 11 is 0. The number of nitrogens with zero attached hydrogens (tertiary/aromatic N) is 1. The Balaban J connectivity index is 0.00000180. The van der Waals surface area contributed by atoms with E-state index in [1.54, 1.807) is 0 Å². The number of Topliss-reactive ketones (excluding diaryl/α,β-unsaturated/α-hetero) is 1. The monoisotopic (exact) mass is 291 g/mol. The van der Waals surface area contributed by atoms with Crippen molar-refractivity contribution in [3.05, 3.63) is 0 Å². The van der Waals surface area contributed by atoms with E-state index in [1.807, 2.05) is 14.1 Å². The lowest BCUT2D eigenvalue weighted by Gasteiger charge is -2.46. The van der Waals surface area contributed by atoms with Crippen molar-refractivity contribution in [3.8, 4) is 0 Å². The van der Waals surface area contributed by atoms with Crippen LogP contribution in [0, 0.1) is 11.3 Å². The molecule has 2 fully saturated rings. The van der Waals surface area contributed by atoms with Crippen molar-refractivity contribution in [2.45, 2.75) is 38.9 Å². The first-order valence-electron chi connectivity index (χ1n) is 6.77. The maximum Gasteiger partial charge on any atom is 0.175 e. The zero-order chi connectivity index (χ0) is 13.4. The molecule has 1 heterocycles. The summed E-state index contributed by atoms with van der Waals surface area (Å²) in [5.74, 6) is -0.183. The van der Waals surface area contributed by atoms with E-state index in [1.165, 1.54) is 0 Å². The second-order valence-electron chi connectivity index (χ2n) is 6.79. The van der Waals surface area contributed by atoms with Gasteiger partial charge < -0.3 is 14.4 Å². The first kappa shape index (κ1) is 16.9. The average Bonchev–Trinajstić information content (AvgIpc) is 2.27. The van der Waals surface area contributed by atoms with Crippen molar-refractivity contribution in [1.29, 1.82) is 0 Å². The highest BCUT2D eigenvalue weighted by atomic mass is 35.5. The van der Waals surface area contributed by atoms with Gasteiger partial charge in [-0.15, -0.1) is 12.4 Å². The third-order valence-electron chi connectivity index (χ3n) is 3.81. The lowest BCUT2D eigenvalue weighted by Crippen LogP contribution is -2.52. The molecule has 0 aromatic heterocycles. The predicted molar refractivity (Wildman–Crippen MR) is 76.6 cm³/mol. The number of ketones is 1. The van der Waals surface area contributed by atoms with E-state index in [4.69, 9.17) is 9.47 Å². The molecular weight excluding hydrogens is 266 g/mol. The normalized spacial score (nSPS) is 29.3. The van der Waals surface area contributed by atoms with Gasteiger partial charge in [0.2, 0.25) is 0 Å². The molecule has 1 aliphatic heterocycles. The summed E-state index contributed by atoms with van der Waals surface area (Å²) in [5.41, 5.74) is 0.0643. The molecule has 0 aromatic carbocycles. The molecule has 19 heavy (non-hydrogen) atoms. The fourth-order valence-electron chi connectivity index (χ4n) is 2.67. The van der Waals surface area contributed by atoms with Crippen LogP contribution in [-0.4, -0.2) is 50.3 Å². The molecule has 4 nitrogen and oxygen atoms in total. The highest BCUT2D eigenvalue weighted by molar-refractivity contribution is 5.85. The Morgan fingerprint density at radius 1 is 1.26 bits per heavy atom. The minimum absolute atomic E-state index is 0. The molecule has 1 saturated heterocycles. The van der Waals surface area contributed by atoms with Crippen molar-refractivity contribution >= 4 is 18.2 Å². The smallest absolute Gasteiger partial charge is 0.175 e. The quantitative estimate of drug-likeness (QED) is 0.781. The molecule has 112 valence electrons. The topological polar surface area (TPSA) is 38.8 Å². The maximum atomic E-state index is 12.2. The Hall–Kier alpha value is -0.160. The maximum absolute atomic E-state index is 12.2. The molecule has 5 heteroatoms. The number of hydrogen-bond donors (Lipinski definition) is 0. The standard InChI is InChI=1S/C14H25NO3.ClH/c1-13(2)9-17-14(18-10-13)6-5-11(8-15(3)4)12(16)7-14;/h11H,5-10H2,1-4H3;1H. The molecule has 0 bridgehead atoms. The third-order valence-corrected chi connectivity index (χ3v) is 3.81. The Morgan fingerprint density at radius 2 is 1.84 bits per heavy atom. The molecule has 0 amide bonds. The number of hydrogen-bond acceptors (Lipinski definition) is 4. The van der Waals surface area contributed by atoms with Crippen LogP contribution in [0.4, 0.5) is 0 Å². The summed E-state index contributed by atoms with van der Waals surface area (Å²) < 4.78 is 11.8. The summed E-state index contributed by atoms with van der Waals surface area (Å²) in [4.78, 5) is 14.3. The molecule has 0 radical (unpaired) electrons. The van der Waals surface area contributed by atoms with Crippen LogP contribution in [-0.2, 0) is 14.3 Å². The summed E-state index contributed by atoms with van der Waals surface area (Å²) in [7, 11) is 4.02. The van der Waals surface area contributed by atoms with Gasteiger partial charge in [0.15, 0.2) is 5.79 Å². The minimum atomic E-state index is -0.616. The van der Waals surface area contributed by atoms with Crippen LogP contribution in [0.15, 0.2) is 0 Å². The van der Waals surface area contributed by atoms with E-state index >= 15 is 0 Å². The van der Waals surface area contributed by atoms with Crippen LogP contribution < -0.4 is 0 Å². The molecular formula is C14H26ClNO3. The van der Waals surface area contributed by atoms with Crippen LogP contribution in [0.1, 0.15) is 33.1 Å². The third kappa shape index (κ3) is 4.15. The van der Waals surface area contributed by atoms with Gasteiger partial charge in [0.05, 0.1) is 19.6 Å². The van der Waals surface area contributed by atoms with Gasteiger partial charge >= 0.3 is 0 Å². The number of rotatable bonds is 2. The first-order valence-corrected chi connectivity index (χ1v) is 6.77. The Morgan fingerprint density at radius 3 is 2.32 bits per heavy atom. The fraction of sp³-hybridized carbons (Fsp3) is 0.929. The Labute approximate surface area is 122 Å². The van der Waals surface area contributed by atoms with E-state index in [2.05, 4.69) is 18.7 Å². The lowest BCUT2D eigenvalue weighted by molar-refractivity contribution is -0.306. The molecule has 1 saturated carbocycles. The zero-order valence-electron chi connectivity index (χ0n) is 12.4. The van der Waals surface area contributed by atoms with Crippen LogP contribution in [0.3, 0.4) is 0 Å². The van der Waals surface area contributed by atoms with Gasteiger partial charge in [0.25, 0.3) is 0 Å². The van der Waals surface area contributed by atoms with Crippen molar-refractivity contribution in [1.82, 2.24) is 4.90 Å². The SMILES string of the molecule is CN(C)CC1CCC2(CC1=O)OCC(C)(C)CO2.Cl. The number of halogens is 1. The number of carbonyl (C=O) groups is 1. The molecule has 1 atom stereocenters. The molecule has 2 rings (SSSR count). The van der Waals surface area contributed by atoms with Crippen LogP contribution in [0.5, 0.6) is 0 Å². The fourth-order valence-corrected chi connectivity index (χ4v) is 2.67. The summed E-state index contributed by atoms with van der Waals surface area (Å²) in [6.07, 6.45) is 2.13. The number of ether oxygens (including phenoxy) is 2. The average molecular weight is 292 g/mol. The van der Waals surface area contributed by atoms with Gasteiger partial charge in [-0.2, -0.15) is 0 Å². The second-order valence-corrected chi connectivity index (χ2v) is 6.79. The van der Waals surface area contributed by atoms with Crippen molar-refractivity contribution in [2.24, 2.45) is 11.3 Å². The van der Waals surface area contributed by atoms with Gasteiger partial charge in [-0.1, -0.05) is 13.8 Å². The van der Waals surface area contributed by atoms with E-state index in [0.29, 0.717) is 19.6 Å². The van der Waals surface area contributed by atoms with E-state index in [9.17, 15) is 4.79 Å².